The molecule has 0 aromatic rings. The maximum absolute atomic E-state index is 8.17. The molecule has 286 valence electrons. The summed E-state index contributed by atoms with van der Waals surface area (Å²) < 4.78 is 5.89. The molecule has 0 aliphatic carbocycles. The lowest BCUT2D eigenvalue weighted by Crippen LogP contribution is -2.15. The van der Waals surface area contributed by atoms with E-state index in [0.717, 1.165) is 13.2 Å². The molecule has 47 heavy (non-hydrogen) atoms. The van der Waals surface area contributed by atoms with Crippen LogP contribution in [-0.2, 0) is 4.74 Å². The molecule has 0 radical (unpaired) electrons. The average molecular weight is 671 g/mol. The monoisotopic (exact) mass is 671 g/mol. The highest BCUT2D eigenvalue weighted by atomic mass is 16.5. The third-order valence-corrected chi connectivity index (χ3v) is 9.71. The molecule has 0 heterocycles. The quantitative estimate of drug-likeness (QED) is 0.0567. The van der Waals surface area contributed by atoms with E-state index in [-0.39, 0.29) is 13.2 Å². The topological polar surface area (TPSA) is 69.9 Å². The standard InChI is InChI=1S/C40H82O.C3H8O3/c1-3-5-7-9-11-13-15-17-19-21-23-25-27-29-31-33-35-37-39-41-40-38-36-34-32-30-28-26-24-22-20-18-16-14-12-10-8-6-4-2;4-1-3(6)2-5/h3-40H2,1-2H3;3-6H,1-2H2. The van der Waals surface area contributed by atoms with Crippen LogP contribution in [0.3, 0.4) is 0 Å². The van der Waals surface area contributed by atoms with E-state index >= 15 is 0 Å². The molecule has 0 bridgehead atoms. The van der Waals surface area contributed by atoms with Crippen LogP contribution in [0.4, 0.5) is 0 Å². The molecule has 4 heteroatoms. The fourth-order valence-electron chi connectivity index (χ4n) is 6.37. The average Bonchev–Trinajstić information content (AvgIpc) is 3.09. The normalized spacial score (nSPS) is 11.4. The van der Waals surface area contributed by atoms with E-state index in [2.05, 4.69) is 13.8 Å². The Morgan fingerprint density at radius 2 is 0.468 bits per heavy atom. The summed E-state index contributed by atoms with van der Waals surface area (Å²) in [7, 11) is 0. The van der Waals surface area contributed by atoms with Gasteiger partial charge in [0.2, 0.25) is 0 Å². The van der Waals surface area contributed by atoms with Gasteiger partial charge in [0, 0.05) is 13.2 Å². The van der Waals surface area contributed by atoms with Gasteiger partial charge in [0.15, 0.2) is 0 Å². The molecular formula is C43H90O4. The van der Waals surface area contributed by atoms with Gasteiger partial charge in [-0.2, -0.15) is 0 Å². The van der Waals surface area contributed by atoms with Gasteiger partial charge < -0.3 is 20.1 Å². The van der Waals surface area contributed by atoms with Crippen molar-refractivity contribution in [3.63, 3.8) is 0 Å². The Balaban J connectivity index is 0. The second-order valence-corrected chi connectivity index (χ2v) is 14.7. The van der Waals surface area contributed by atoms with Crippen LogP contribution in [0.15, 0.2) is 0 Å². The number of rotatable bonds is 40. The summed E-state index contributed by atoms with van der Waals surface area (Å²) in [5.41, 5.74) is 0. The highest BCUT2D eigenvalue weighted by Crippen LogP contribution is 2.16. The lowest BCUT2D eigenvalue weighted by molar-refractivity contribution is 0.0450. The number of ether oxygens (including phenoxy) is 1. The van der Waals surface area contributed by atoms with Crippen LogP contribution in [0.1, 0.15) is 245 Å². The minimum atomic E-state index is -0.954. The van der Waals surface area contributed by atoms with Crippen LogP contribution < -0.4 is 0 Å². The van der Waals surface area contributed by atoms with Gasteiger partial charge in [-0.15, -0.1) is 0 Å². The minimum Gasteiger partial charge on any atom is -0.394 e. The zero-order chi connectivity index (χ0) is 34.6. The molecule has 0 aliphatic rings. The minimum absolute atomic E-state index is 0.365. The molecule has 0 saturated carbocycles. The summed E-state index contributed by atoms with van der Waals surface area (Å²) in [5, 5.41) is 24.0. The van der Waals surface area contributed by atoms with E-state index in [1.165, 1.54) is 231 Å². The second kappa shape index (κ2) is 48.0. The Morgan fingerprint density at radius 3 is 0.617 bits per heavy atom. The first kappa shape index (κ1) is 49.0. The highest BCUT2D eigenvalue weighted by molar-refractivity contribution is 4.52. The van der Waals surface area contributed by atoms with Crippen molar-refractivity contribution in [3.8, 4) is 0 Å². The van der Waals surface area contributed by atoms with Crippen LogP contribution in [0.5, 0.6) is 0 Å². The predicted molar refractivity (Wildman–Crippen MR) is 209 cm³/mol. The SMILES string of the molecule is CCCCCCCCCCCCCCCCCCCCOCCCCCCCCCCCCCCCCCCCC.OCC(O)CO. The molecule has 0 aromatic carbocycles. The van der Waals surface area contributed by atoms with Gasteiger partial charge >= 0.3 is 0 Å². The van der Waals surface area contributed by atoms with Crippen LogP contribution in [0.2, 0.25) is 0 Å². The fraction of sp³-hybridized carbons (Fsp3) is 1.00. The number of unbranched alkanes of at least 4 members (excludes halogenated alkanes) is 34. The molecule has 0 atom stereocenters. The third-order valence-electron chi connectivity index (χ3n) is 9.71. The number of aliphatic hydroxyl groups excluding tert-OH is 3. The van der Waals surface area contributed by atoms with Crippen molar-refractivity contribution < 1.29 is 20.1 Å². The predicted octanol–water partition coefficient (Wildman–Crippen LogP) is 13.4. The van der Waals surface area contributed by atoms with Crippen molar-refractivity contribution >= 4 is 0 Å². The van der Waals surface area contributed by atoms with Gasteiger partial charge in [-0.1, -0.05) is 232 Å². The van der Waals surface area contributed by atoms with Crippen LogP contribution >= 0.6 is 0 Å². The molecule has 0 unspecified atom stereocenters. The summed E-state index contributed by atoms with van der Waals surface area (Å²) >= 11 is 0. The van der Waals surface area contributed by atoms with E-state index in [1.54, 1.807) is 0 Å². The van der Waals surface area contributed by atoms with Crippen molar-refractivity contribution in [1.82, 2.24) is 0 Å². The van der Waals surface area contributed by atoms with Crippen LogP contribution in [0.25, 0.3) is 0 Å². The molecule has 0 spiro atoms. The smallest absolute Gasteiger partial charge is 0.100 e. The van der Waals surface area contributed by atoms with Gasteiger partial charge in [0.05, 0.1) is 13.2 Å². The summed E-state index contributed by atoms with van der Waals surface area (Å²) in [6, 6.07) is 0. The lowest BCUT2D eigenvalue weighted by Gasteiger charge is -2.06. The summed E-state index contributed by atoms with van der Waals surface area (Å²) in [4.78, 5) is 0. The second-order valence-electron chi connectivity index (χ2n) is 14.7. The Bertz CT molecular complexity index is 458. The van der Waals surface area contributed by atoms with Crippen molar-refractivity contribution in [2.24, 2.45) is 0 Å². The largest absolute Gasteiger partial charge is 0.394 e. The number of hydrogen-bond acceptors (Lipinski definition) is 4. The first-order valence-corrected chi connectivity index (χ1v) is 21.7. The molecule has 3 N–H and O–H groups in total. The number of hydrogen-bond donors (Lipinski definition) is 3. The van der Waals surface area contributed by atoms with Crippen LogP contribution in [-0.4, -0.2) is 47.9 Å². The summed E-state index contributed by atoms with van der Waals surface area (Å²) in [5.74, 6) is 0. The van der Waals surface area contributed by atoms with Gasteiger partial charge in [-0.05, 0) is 12.8 Å². The molecule has 0 amide bonds. The first-order chi connectivity index (χ1) is 23.2. The van der Waals surface area contributed by atoms with Crippen molar-refractivity contribution in [2.75, 3.05) is 26.4 Å². The maximum Gasteiger partial charge on any atom is 0.100 e. The Morgan fingerprint density at radius 1 is 0.298 bits per heavy atom. The Labute approximate surface area is 297 Å². The van der Waals surface area contributed by atoms with Gasteiger partial charge in [-0.3, -0.25) is 0 Å². The van der Waals surface area contributed by atoms with E-state index < -0.39 is 6.10 Å². The van der Waals surface area contributed by atoms with Crippen molar-refractivity contribution in [3.05, 3.63) is 0 Å². The van der Waals surface area contributed by atoms with Gasteiger partial charge in [-0.25, -0.2) is 0 Å². The van der Waals surface area contributed by atoms with E-state index in [4.69, 9.17) is 20.1 Å². The van der Waals surface area contributed by atoms with Gasteiger partial charge in [0.25, 0.3) is 0 Å². The molecular weight excluding hydrogens is 580 g/mol. The highest BCUT2D eigenvalue weighted by Gasteiger charge is 1.98. The van der Waals surface area contributed by atoms with Crippen molar-refractivity contribution in [2.45, 2.75) is 251 Å². The number of aliphatic hydroxyl groups is 3. The van der Waals surface area contributed by atoms with E-state index in [0.29, 0.717) is 0 Å². The summed E-state index contributed by atoms with van der Waals surface area (Å²) in [6.07, 6.45) is 51.0. The zero-order valence-electron chi connectivity index (χ0n) is 32.6. The molecule has 0 saturated heterocycles. The molecule has 0 fully saturated rings. The molecule has 0 aromatic heterocycles. The van der Waals surface area contributed by atoms with Gasteiger partial charge in [0.1, 0.15) is 6.10 Å². The zero-order valence-corrected chi connectivity index (χ0v) is 32.6. The first-order valence-electron chi connectivity index (χ1n) is 21.7. The molecule has 0 rings (SSSR count). The maximum atomic E-state index is 8.17. The van der Waals surface area contributed by atoms with E-state index in [1.807, 2.05) is 0 Å². The molecule has 4 nitrogen and oxygen atoms in total. The lowest BCUT2D eigenvalue weighted by atomic mass is 10.0. The van der Waals surface area contributed by atoms with Crippen molar-refractivity contribution in [1.29, 1.82) is 0 Å². The Hall–Kier alpha value is -0.160. The fourth-order valence-corrected chi connectivity index (χ4v) is 6.37. The van der Waals surface area contributed by atoms with E-state index in [9.17, 15) is 0 Å². The van der Waals surface area contributed by atoms with Crippen LogP contribution in [0, 0.1) is 0 Å². The third kappa shape index (κ3) is 50.3. The Kier molecular flexibility index (Phi) is 49.9. The molecule has 0 aliphatic heterocycles. The summed E-state index contributed by atoms with van der Waals surface area (Å²) in [6.45, 7) is 5.88.